The molecule has 0 spiro atoms. The second kappa shape index (κ2) is 5.78. The molecule has 1 aliphatic rings. The van der Waals surface area contributed by atoms with Crippen LogP contribution in [0, 0.1) is 5.82 Å². The van der Waals surface area contributed by atoms with E-state index in [1.165, 1.54) is 18.9 Å². The number of rotatable bonds is 4. The molecule has 24 heavy (non-hydrogen) atoms. The van der Waals surface area contributed by atoms with Crippen molar-refractivity contribution in [3.63, 3.8) is 0 Å². The Morgan fingerprint density at radius 1 is 1.08 bits per heavy atom. The maximum atomic E-state index is 13.8. The molecule has 1 aliphatic carbocycles. The van der Waals surface area contributed by atoms with Gasteiger partial charge in [-0.2, -0.15) is 0 Å². The summed E-state index contributed by atoms with van der Waals surface area (Å²) in [5, 5.41) is 0.831. The fraction of sp³-hybridized carbons (Fsp3) is 0.250. The second-order valence-electron chi connectivity index (χ2n) is 6.26. The average Bonchev–Trinajstić information content (AvgIpc) is 3.45. The van der Waals surface area contributed by atoms with Crippen LogP contribution in [0.1, 0.15) is 24.5 Å². The highest BCUT2D eigenvalue weighted by Gasteiger charge is 2.26. The molecule has 0 amide bonds. The highest BCUT2D eigenvalue weighted by molar-refractivity contribution is 5.94. The molecule has 0 aliphatic heterocycles. The smallest absolute Gasteiger partial charge is 0.124 e. The lowest BCUT2D eigenvalue weighted by Crippen LogP contribution is -2.11. The van der Waals surface area contributed by atoms with Gasteiger partial charge < -0.3 is 9.64 Å². The predicted octanol–water partition coefficient (Wildman–Crippen LogP) is 5.03. The van der Waals surface area contributed by atoms with E-state index in [1.807, 2.05) is 31.3 Å². The molecule has 1 saturated carbocycles. The zero-order valence-corrected chi connectivity index (χ0v) is 13.8. The van der Waals surface area contributed by atoms with E-state index in [4.69, 9.17) is 9.72 Å². The minimum atomic E-state index is -0.243. The number of hydrogen-bond acceptors (Lipinski definition) is 3. The molecular weight excluding hydrogens is 303 g/mol. The van der Waals surface area contributed by atoms with E-state index in [2.05, 4.69) is 11.0 Å². The summed E-state index contributed by atoms with van der Waals surface area (Å²) < 4.78 is 19.0. The maximum Gasteiger partial charge on any atom is 0.124 e. The molecule has 122 valence electrons. The average molecular weight is 322 g/mol. The van der Waals surface area contributed by atoms with Crippen LogP contribution in [0.3, 0.4) is 0 Å². The molecule has 1 aromatic heterocycles. The van der Waals surface area contributed by atoms with E-state index in [0.29, 0.717) is 5.92 Å². The van der Waals surface area contributed by atoms with Gasteiger partial charge in [-0.15, -0.1) is 0 Å². The van der Waals surface area contributed by atoms with Crippen molar-refractivity contribution < 1.29 is 9.13 Å². The fourth-order valence-corrected chi connectivity index (χ4v) is 3.01. The van der Waals surface area contributed by atoms with E-state index >= 15 is 0 Å². The maximum absolute atomic E-state index is 13.8. The molecule has 0 radical (unpaired) electrons. The largest absolute Gasteiger partial charge is 0.497 e. The van der Waals surface area contributed by atoms with E-state index in [1.54, 1.807) is 19.2 Å². The summed E-state index contributed by atoms with van der Waals surface area (Å²) in [6.07, 6.45) is 2.37. The van der Waals surface area contributed by atoms with Crippen molar-refractivity contribution >= 4 is 22.3 Å². The van der Waals surface area contributed by atoms with Gasteiger partial charge >= 0.3 is 0 Å². The fourth-order valence-electron chi connectivity index (χ4n) is 3.01. The van der Waals surface area contributed by atoms with Gasteiger partial charge in [0.25, 0.3) is 0 Å². The van der Waals surface area contributed by atoms with Gasteiger partial charge in [-0.1, -0.05) is 0 Å². The molecule has 4 rings (SSSR count). The SMILES string of the molecule is COc1ccc(N(C)c2cc(C3CC3)nc3ccc(F)cc23)cc1. The van der Waals surface area contributed by atoms with Crippen LogP contribution in [0.4, 0.5) is 15.8 Å². The van der Waals surface area contributed by atoms with Crippen molar-refractivity contribution in [2.75, 3.05) is 19.1 Å². The zero-order chi connectivity index (χ0) is 16.7. The van der Waals surface area contributed by atoms with E-state index in [-0.39, 0.29) is 5.82 Å². The van der Waals surface area contributed by atoms with Crippen LogP contribution in [0.25, 0.3) is 10.9 Å². The van der Waals surface area contributed by atoms with E-state index in [0.717, 1.165) is 33.7 Å². The first-order chi connectivity index (χ1) is 11.7. The summed E-state index contributed by atoms with van der Waals surface area (Å²) in [5.74, 6) is 1.12. The first-order valence-electron chi connectivity index (χ1n) is 8.13. The summed E-state index contributed by atoms with van der Waals surface area (Å²) in [5.41, 5.74) is 3.95. The molecule has 1 heterocycles. The number of hydrogen-bond donors (Lipinski definition) is 0. The van der Waals surface area contributed by atoms with Crippen molar-refractivity contribution in [3.05, 3.63) is 60.0 Å². The Labute approximate surface area is 140 Å². The van der Waals surface area contributed by atoms with Gasteiger partial charge in [-0.25, -0.2) is 4.39 Å². The molecule has 3 aromatic rings. The first kappa shape index (κ1) is 14.9. The van der Waals surface area contributed by atoms with Crippen LogP contribution in [0.2, 0.25) is 0 Å². The molecule has 0 saturated heterocycles. The molecule has 4 heteroatoms. The van der Waals surface area contributed by atoms with Gasteiger partial charge in [-0.05, 0) is 61.4 Å². The number of aromatic nitrogens is 1. The topological polar surface area (TPSA) is 25.4 Å². The highest BCUT2D eigenvalue weighted by Crippen LogP contribution is 2.42. The minimum Gasteiger partial charge on any atom is -0.497 e. The van der Waals surface area contributed by atoms with Crippen LogP contribution in [0.15, 0.2) is 48.5 Å². The van der Waals surface area contributed by atoms with Crippen LogP contribution >= 0.6 is 0 Å². The second-order valence-corrected chi connectivity index (χ2v) is 6.26. The van der Waals surface area contributed by atoms with E-state index in [9.17, 15) is 4.39 Å². The van der Waals surface area contributed by atoms with Gasteiger partial charge in [0.2, 0.25) is 0 Å². The standard InChI is InChI=1S/C20H19FN2O/c1-23(15-6-8-16(24-2)9-7-15)20-12-19(13-3-4-13)22-18-10-5-14(21)11-17(18)20/h5-13H,3-4H2,1-2H3. The molecule has 2 aromatic carbocycles. The third kappa shape index (κ3) is 2.68. The quantitative estimate of drug-likeness (QED) is 0.674. The Morgan fingerprint density at radius 2 is 1.83 bits per heavy atom. The van der Waals surface area contributed by atoms with Crippen LogP contribution in [-0.4, -0.2) is 19.1 Å². The zero-order valence-electron chi connectivity index (χ0n) is 13.8. The number of nitrogens with zero attached hydrogens (tertiary/aromatic N) is 2. The number of pyridine rings is 1. The number of methoxy groups -OCH3 is 1. The summed E-state index contributed by atoms with van der Waals surface area (Å²) >= 11 is 0. The van der Waals surface area contributed by atoms with Crippen LogP contribution in [-0.2, 0) is 0 Å². The van der Waals surface area contributed by atoms with Gasteiger partial charge in [0.15, 0.2) is 0 Å². The highest BCUT2D eigenvalue weighted by atomic mass is 19.1. The molecule has 0 N–H and O–H groups in total. The number of fused-ring (bicyclic) bond motifs is 1. The third-order valence-electron chi connectivity index (χ3n) is 4.59. The summed E-state index contributed by atoms with van der Waals surface area (Å²) in [6.45, 7) is 0. The Morgan fingerprint density at radius 3 is 2.50 bits per heavy atom. The van der Waals surface area contributed by atoms with Crippen LogP contribution < -0.4 is 9.64 Å². The number of benzene rings is 2. The Bertz CT molecular complexity index is 888. The summed E-state index contributed by atoms with van der Waals surface area (Å²) in [6, 6.07) is 14.8. The minimum absolute atomic E-state index is 0.243. The van der Waals surface area contributed by atoms with Crippen molar-refractivity contribution in [1.29, 1.82) is 0 Å². The van der Waals surface area contributed by atoms with Gasteiger partial charge in [0.1, 0.15) is 11.6 Å². The van der Waals surface area contributed by atoms with Gasteiger partial charge in [-0.3, -0.25) is 4.98 Å². The first-order valence-corrected chi connectivity index (χ1v) is 8.13. The van der Waals surface area contributed by atoms with Crippen molar-refractivity contribution in [2.24, 2.45) is 0 Å². The van der Waals surface area contributed by atoms with Crippen molar-refractivity contribution in [1.82, 2.24) is 4.98 Å². The number of ether oxygens (including phenoxy) is 1. The van der Waals surface area contributed by atoms with E-state index < -0.39 is 0 Å². The molecule has 0 unspecified atom stereocenters. The Kier molecular flexibility index (Phi) is 3.60. The monoisotopic (exact) mass is 322 g/mol. The number of halogens is 1. The Balaban J connectivity index is 1.84. The molecule has 0 bridgehead atoms. The summed E-state index contributed by atoms with van der Waals surface area (Å²) in [4.78, 5) is 6.81. The molecule has 3 nitrogen and oxygen atoms in total. The summed E-state index contributed by atoms with van der Waals surface area (Å²) in [7, 11) is 3.65. The van der Waals surface area contributed by atoms with Crippen molar-refractivity contribution in [2.45, 2.75) is 18.8 Å². The third-order valence-corrected chi connectivity index (χ3v) is 4.59. The molecule has 0 atom stereocenters. The molecular formula is C20H19FN2O. The normalized spacial score (nSPS) is 14.0. The lowest BCUT2D eigenvalue weighted by atomic mass is 10.1. The van der Waals surface area contributed by atoms with Crippen molar-refractivity contribution in [3.8, 4) is 5.75 Å². The Hall–Kier alpha value is -2.62. The molecule has 1 fully saturated rings. The lowest BCUT2D eigenvalue weighted by molar-refractivity contribution is 0.415. The lowest BCUT2D eigenvalue weighted by Gasteiger charge is -2.22. The predicted molar refractivity (Wildman–Crippen MR) is 94.7 cm³/mol. The van der Waals surface area contributed by atoms with Gasteiger partial charge in [0, 0.05) is 29.7 Å². The van der Waals surface area contributed by atoms with Gasteiger partial charge in [0.05, 0.1) is 18.3 Å². The number of anilines is 2. The van der Waals surface area contributed by atoms with Crippen LogP contribution in [0.5, 0.6) is 5.75 Å².